The summed E-state index contributed by atoms with van der Waals surface area (Å²) >= 11 is 0. The number of aromatic nitrogens is 3. The van der Waals surface area contributed by atoms with Crippen LogP contribution in [0.4, 0.5) is 19.1 Å². The first-order valence-electron chi connectivity index (χ1n) is 9.35. The fourth-order valence-corrected chi connectivity index (χ4v) is 3.53. The summed E-state index contributed by atoms with van der Waals surface area (Å²) in [6.45, 7) is 10.1. The Bertz CT molecular complexity index is 1080. The van der Waals surface area contributed by atoms with E-state index in [9.17, 15) is 13.2 Å². The van der Waals surface area contributed by atoms with Gasteiger partial charge in [-0.3, -0.25) is 4.40 Å². The second-order valence-corrected chi connectivity index (χ2v) is 6.89. The number of nitrogens with zero attached hydrogens (tertiary/aromatic N) is 4. The van der Waals surface area contributed by atoms with Crippen molar-refractivity contribution in [3.63, 3.8) is 0 Å². The standard InChI is InChI=1S/C20H21F3N4O2/c1-4-29-13(3)14-9-12(2)10-15-17(14)25-19(26-5-7-28-8-6-26)27-11-16(20(21,22)23)24-18(15)27/h9-11H,3-8H2,1-2H3. The molecule has 0 saturated carbocycles. The van der Waals surface area contributed by atoms with Crippen molar-refractivity contribution in [2.75, 3.05) is 37.8 Å². The summed E-state index contributed by atoms with van der Waals surface area (Å²) < 4.78 is 52.6. The molecule has 0 unspecified atom stereocenters. The number of imidazole rings is 1. The second kappa shape index (κ2) is 7.22. The van der Waals surface area contributed by atoms with Gasteiger partial charge in [-0.1, -0.05) is 6.58 Å². The first kappa shape index (κ1) is 19.5. The third-order valence-corrected chi connectivity index (χ3v) is 4.83. The van der Waals surface area contributed by atoms with E-state index in [-0.39, 0.29) is 5.65 Å². The van der Waals surface area contributed by atoms with E-state index in [0.717, 1.165) is 11.8 Å². The van der Waals surface area contributed by atoms with Gasteiger partial charge in [0.05, 0.1) is 25.3 Å². The fraction of sp³-hybridized carbons (Fsp3) is 0.400. The van der Waals surface area contributed by atoms with Gasteiger partial charge in [-0.2, -0.15) is 13.2 Å². The number of ether oxygens (including phenoxy) is 2. The topological polar surface area (TPSA) is 51.9 Å². The number of hydrogen-bond donors (Lipinski definition) is 0. The first-order chi connectivity index (χ1) is 13.8. The van der Waals surface area contributed by atoms with Crippen LogP contribution in [-0.4, -0.2) is 47.3 Å². The van der Waals surface area contributed by atoms with Crippen molar-refractivity contribution >= 4 is 28.3 Å². The zero-order valence-electron chi connectivity index (χ0n) is 16.2. The molecule has 1 aliphatic rings. The maximum absolute atomic E-state index is 13.4. The summed E-state index contributed by atoms with van der Waals surface area (Å²) in [7, 11) is 0. The zero-order chi connectivity index (χ0) is 20.8. The molecule has 0 bridgehead atoms. The predicted molar refractivity (Wildman–Crippen MR) is 104 cm³/mol. The molecule has 0 radical (unpaired) electrons. The van der Waals surface area contributed by atoms with Crippen molar-refractivity contribution < 1.29 is 22.6 Å². The number of benzene rings is 1. The Hall–Kier alpha value is -2.81. The fourth-order valence-electron chi connectivity index (χ4n) is 3.53. The number of alkyl halides is 3. The van der Waals surface area contributed by atoms with Gasteiger partial charge in [-0.25, -0.2) is 9.97 Å². The second-order valence-electron chi connectivity index (χ2n) is 6.89. The largest absolute Gasteiger partial charge is 0.494 e. The van der Waals surface area contributed by atoms with Gasteiger partial charge >= 0.3 is 6.18 Å². The lowest BCUT2D eigenvalue weighted by molar-refractivity contribution is -0.140. The summed E-state index contributed by atoms with van der Waals surface area (Å²) in [5.41, 5.74) is 1.27. The average Bonchev–Trinajstić information content (AvgIpc) is 3.14. The van der Waals surface area contributed by atoms with Crippen molar-refractivity contribution in [1.29, 1.82) is 0 Å². The normalized spacial score (nSPS) is 15.3. The monoisotopic (exact) mass is 406 g/mol. The Balaban J connectivity index is 2.05. The van der Waals surface area contributed by atoms with E-state index in [1.165, 1.54) is 4.40 Å². The summed E-state index contributed by atoms with van der Waals surface area (Å²) in [6, 6.07) is 3.66. The summed E-state index contributed by atoms with van der Waals surface area (Å²) in [5, 5.41) is 0.522. The average molecular weight is 406 g/mol. The Morgan fingerprint density at radius 3 is 2.62 bits per heavy atom. The molecule has 1 saturated heterocycles. The number of halogens is 3. The molecule has 2 aromatic heterocycles. The molecular weight excluding hydrogens is 385 g/mol. The number of hydrogen-bond acceptors (Lipinski definition) is 5. The van der Waals surface area contributed by atoms with Crippen LogP contribution in [0.3, 0.4) is 0 Å². The Kier molecular flexibility index (Phi) is 4.85. The van der Waals surface area contributed by atoms with Crippen LogP contribution in [-0.2, 0) is 15.7 Å². The minimum Gasteiger partial charge on any atom is -0.494 e. The van der Waals surface area contributed by atoms with E-state index >= 15 is 0 Å². The summed E-state index contributed by atoms with van der Waals surface area (Å²) in [6.07, 6.45) is -3.55. The third-order valence-electron chi connectivity index (χ3n) is 4.83. The van der Waals surface area contributed by atoms with Gasteiger partial charge in [-0.05, 0) is 31.5 Å². The molecule has 0 spiro atoms. The van der Waals surface area contributed by atoms with Gasteiger partial charge < -0.3 is 14.4 Å². The van der Waals surface area contributed by atoms with Crippen molar-refractivity contribution in [3.05, 3.63) is 41.7 Å². The molecule has 29 heavy (non-hydrogen) atoms. The molecule has 1 aromatic carbocycles. The molecule has 3 aromatic rings. The highest BCUT2D eigenvalue weighted by atomic mass is 19.4. The number of morpholine rings is 1. The van der Waals surface area contributed by atoms with Gasteiger partial charge in [0.15, 0.2) is 5.69 Å². The van der Waals surface area contributed by atoms with E-state index in [0.29, 0.717) is 61.1 Å². The van der Waals surface area contributed by atoms with Gasteiger partial charge in [0.1, 0.15) is 11.4 Å². The molecule has 0 aliphatic carbocycles. The Morgan fingerprint density at radius 2 is 1.97 bits per heavy atom. The van der Waals surface area contributed by atoms with Gasteiger partial charge in [0, 0.05) is 30.2 Å². The van der Waals surface area contributed by atoms with Gasteiger partial charge in [0.25, 0.3) is 0 Å². The number of anilines is 1. The third kappa shape index (κ3) is 3.50. The number of rotatable bonds is 4. The van der Waals surface area contributed by atoms with E-state index in [4.69, 9.17) is 14.5 Å². The lowest BCUT2D eigenvalue weighted by atomic mass is 10.1. The summed E-state index contributed by atoms with van der Waals surface area (Å²) in [4.78, 5) is 10.6. The minimum absolute atomic E-state index is 0.207. The van der Waals surface area contributed by atoms with E-state index in [1.807, 2.05) is 24.8 Å². The molecule has 0 N–H and O–H groups in total. The van der Waals surface area contributed by atoms with Crippen molar-refractivity contribution in [2.45, 2.75) is 20.0 Å². The predicted octanol–water partition coefficient (Wildman–Crippen LogP) is 4.05. The van der Waals surface area contributed by atoms with Crippen LogP contribution in [0.2, 0.25) is 0 Å². The van der Waals surface area contributed by atoms with Crippen molar-refractivity contribution in [3.8, 4) is 0 Å². The molecule has 1 aliphatic heterocycles. The lowest BCUT2D eigenvalue weighted by Crippen LogP contribution is -2.38. The zero-order valence-corrected chi connectivity index (χ0v) is 16.2. The SMILES string of the molecule is C=C(OCC)c1cc(C)cc2c1nc(N1CCOCC1)n1cc(C(F)(F)F)nc21. The molecule has 1 fully saturated rings. The van der Waals surface area contributed by atoms with E-state index in [2.05, 4.69) is 11.6 Å². The van der Waals surface area contributed by atoms with Crippen LogP contribution in [0.5, 0.6) is 0 Å². The molecule has 0 amide bonds. The highest BCUT2D eigenvalue weighted by molar-refractivity contribution is 5.99. The Morgan fingerprint density at radius 1 is 1.24 bits per heavy atom. The first-order valence-corrected chi connectivity index (χ1v) is 9.35. The van der Waals surface area contributed by atoms with Crippen LogP contribution in [0.15, 0.2) is 24.9 Å². The summed E-state index contributed by atoms with van der Waals surface area (Å²) in [5.74, 6) is 0.821. The quantitative estimate of drug-likeness (QED) is 0.612. The molecule has 9 heteroatoms. The van der Waals surface area contributed by atoms with E-state index < -0.39 is 11.9 Å². The highest BCUT2D eigenvalue weighted by Crippen LogP contribution is 2.34. The van der Waals surface area contributed by atoms with E-state index in [1.54, 1.807) is 6.07 Å². The van der Waals surface area contributed by atoms with Gasteiger partial charge in [0.2, 0.25) is 5.95 Å². The molecule has 0 atom stereocenters. The molecule has 6 nitrogen and oxygen atoms in total. The molecule has 3 heterocycles. The van der Waals surface area contributed by atoms with Crippen LogP contribution < -0.4 is 4.90 Å². The van der Waals surface area contributed by atoms with Gasteiger partial charge in [-0.15, -0.1) is 0 Å². The molecule has 4 rings (SSSR count). The smallest absolute Gasteiger partial charge is 0.434 e. The van der Waals surface area contributed by atoms with Crippen molar-refractivity contribution in [1.82, 2.24) is 14.4 Å². The Labute approximate surface area is 165 Å². The van der Waals surface area contributed by atoms with Crippen LogP contribution in [0, 0.1) is 6.92 Å². The van der Waals surface area contributed by atoms with Crippen molar-refractivity contribution in [2.24, 2.45) is 0 Å². The van der Waals surface area contributed by atoms with Crippen LogP contribution in [0.25, 0.3) is 22.3 Å². The van der Waals surface area contributed by atoms with Crippen LogP contribution in [0.1, 0.15) is 23.7 Å². The maximum Gasteiger partial charge on any atom is 0.434 e. The number of aryl methyl sites for hydroxylation is 1. The number of fused-ring (bicyclic) bond motifs is 3. The molecular formula is C20H21F3N4O2. The van der Waals surface area contributed by atoms with Crippen LogP contribution >= 0.6 is 0 Å². The maximum atomic E-state index is 13.4. The highest BCUT2D eigenvalue weighted by Gasteiger charge is 2.35. The minimum atomic E-state index is -4.55. The molecule has 154 valence electrons. The lowest BCUT2D eigenvalue weighted by Gasteiger charge is -2.28.